The van der Waals surface area contributed by atoms with E-state index < -0.39 is 18.1 Å². The van der Waals surface area contributed by atoms with Crippen LogP contribution >= 0.6 is 11.6 Å². The molecule has 2 N–H and O–H groups in total. The molecule has 0 spiro atoms. The zero-order valence-electron chi connectivity index (χ0n) is 17.4. The lowest BCUT2D eigenvalue weighted by atomic mass is 10.0. The SMILES string of the molecule is CC(C)OC(=O)C[C@@H](NC(=O)C[C@H](C)NC(=O)c1ccccc1)c1ccccc1Cl. The lowest BCUT2D eigenvalue weighted by Gasteiger charge is -2.22. The lowest BCUT2D eigenvalue weighted by Crippen LogP contribution is -2.39. The fraction of sp³-hybridized carbons (Fsp3) is 0.348. The summed E-state index contributed by atoms with van der Waals surface area (Å²) in [6.45, 7) is 5.27. The predicted octanol–water partition coefficient (Wildman–Crippen LogP) is 4.05. The third-order valence-electron chi connectivity index (χ3n) is 4.26. The van der Waals surface area contributed by atoms with E-state index in [0.29, 0.717) is 16.1 Å². The largest absolute Gasteiger partial charge is 0.463 e. The molecule has 2 rings (SSSR count). The number of benzene rings is 2. The minimum Gasteiger partial charge on any atom is -0.463 e. The van der Waals surface area contributed by atoms with Crippen molar-refractivity contribution in [3.8, 4) is 0 Å². The smallest absolute Gasteiger partial charge is 0.308 e. The van der Waals surface area contributed by atoms with Crippen molar-refractivity contribution in [2.75, 3.05) is 0 Å². The summed E-state index contributed by atoms with van der Waals surface area (Å²) < 4.78 is 5.22. The Labute approximate surface area is 182 Å². The highest BCUT2D eigenvalue weighted by atomic mass is 35.5. The van der Waals surface area contributed by atoms with Gasteiger partial charge in [-0.3, -0.25) is 14.4 Å². The molecular formula is C23H27ClN2O4. The summed E-state index contributed by atoms with van der Waals surface area (Å²) in [5, 5.41) is 6.10. The zero-order valence-corrected chi connectivity index (χ0v) is 18.1. The van der Waals surface area contributed by atoms with Crippen LogP contribution in [-0.2, 0) is 14.3 Å². The highest BCUT2D eigenvalue weighted by molar-refractivity contribution is 6.31. The van der Waals surface area contributed by atoms with E-state index in [2.05, 4.69) is 10.6 Å². The molecule has 0 bridgehead atoms. The van der Waals surface area contributed by atoms with Gasteiger partial charge in [-0.25, -0.2) is 0 Å². The summed E-state index contributed by atoms with van der Waals surface area (Å²) >= 11 is 6.27. The molecule has 2 amide bonds. The number of rotatable bonds is 9. The van der Waals surface area contributed by atoms with Crippen LogP contribution in [0.3, 0.4) is 0 Å². The number of hydrogen-bond acceptors (Lipinski definition) is 4. The second-order valence-electron chi connectivity index (χ2n) is 7.33. The Bertz CT molecular complexity index is 871. The van der Waals surface area contributed by atoms with E-state index in [1.54, 1.807) is 69.3 Å². The first-order chi connectivity index (χ1) is 14.3. The van der Waals surface area contributed by atoms with Crippen LogP contribution in [0.1, 0.15) is 55.6 Å². The van der Waals surface area contributed by atoms with E-state index in [0.717, 1.165) is 0 Å². The molecule has 160 valence electrons. The Hall–Kier alpha value is -2.86. The molecule has 0 saturated carbocycles. The van der Waals surface area contributed by atoms with Crippen molar-refractivity contribution in [1.82, 2.24) is 10.6 Å². The number of halogens is 1. The van der Waals surface area contributed by atoms with Crippen molar-refractivity contribution < 1.29 is 19.1 Å². The molecule has 2 atom stereocenters. The summed E-state index contributed by atoms with van der Waals surface area (Å²) in [7, 11) is 0. The van der Waals surface area contributed by atoms with Gasteiger partial charge in [0.25, 0.3) is 5.91 Å². The molecule has 0 unspecified atom stereocenters. The van der Waals surface area contributed by atoms with Gasteiger partial charge in [0, 0.05) is 23.0 Å². The number of hydrogen-bond donors (Lipinski definition) is 2. The predicted molar refractivity (Wildman–Crippen MR) is 116 cm³/mol. The summed E-state index contributed by atoms with van der Waals surface area (Å²) in [6.07, 6.45) is -0.245. The van der Waals surface area contributed by atoms with Crippen LogP contribution in [0, 0.1) is 0 Å². The van der Waals surface area contributed by atoms with E-state index in [1.807, 2.05) is 6.07 Å². The first-order valence-electron chi connectivity index (χ1n) is 9.85. The van der Waals surface area contributed by atoms with Gasteiger partial charge < -0.3 is 15.4 Å². The highest BCUT2D eigenvalue weighted by Gasteiger charge is 2.23. The number of amides is 2. The summed E-state index contributed by atoms with van der Waals surface area (Å²) in [4.78, 5) is 37.0. The van der Waals surface area contributed by atoms with E-state index in [4.69, 9.17) is 16.3 Å². The summed E-state index contributed by atoms with van der Waals surface area (Å²) in [6, 6.07) is 14.8. The minimum absolute atomic E-state index is 0.0432. The molecule has 0 aliphatic rings. The van der Waals surface area contributed by atoms with Crippen LogP contribution in [-0.4, -0.2) is 29.9 Å². The summed E-state index contributed by atoms with van der Waals surface area (Å²) in [5.41, 5.74) is 1.16. The van der Waals surface area contributed by atoms with Gasteiger partial charge in [0.1, 0.15) is 0 Å². The van der Waals surface area contributed by atoms with E-state index in [-0.39, 0.29) is 30.8 Å². The molecule has 0 aromatic heterocycles. The lowest BCUT2D eigenvalue weighted by molar-refractivity contribution is -0.148. The van der Waals surface area contributed by atoms with Gasteiger partial charge in [-0.1, -0.05) is 48.0 Å². The van der Waals surface area contributed by atoms with Crippen LogP contribution in [0.25, 0.3) is 0 Å². The third-order valence-corrected chi connectivity index (χ3v) is 4.60. The summed E-state index contributed by atoms with van der Waals surface area (Å²) in [5.74, 6) is -0.988. The first-order valence-corrected chi connectivity index (χ1v) is 10.2. The van der Waals surface area contributed by atoms with Crippen molar-refractivity contribution >= 4 is 29.4 Å². The van der Waals surface area contributed by atoms with Gasteiger partial charge in [0.2, 0.25) is 5.91 Å². The maximum atomic E-state index is 12.6. The standard InChI is InChI=1S/C23H27ClN2O4/c1-15(2)30-22(28)14-20(18-11-7-8-12-19(18)24)26-21(27)13-16(3)25-23(29)17-9-5-4-6-10-17/h4-12,15-16,20H,13-14H2,1-3H3,(H,25,29)(H,26,27)/t16-,20+/m0/s1. The van der Waals surface area contributed by atoms with E-state index in [1.165, 1.54) is 0 Å². The van der Waals surface area contributed by atoms with Gasteiger partial charge in [-0.15, -0.1) is 0 Å². The van der Waals surface area contributed by atoms with Crippen LogP contribution in [0.15, 0.2) is 54.6 Å². The minimum atomic E-state index is -0.630. The average molecular weight is 431 g/mol. The van der Waals surface area contributed by atoms with Gasteiger partial charge >= 0.3 is 5.97 Å². The van der Waals surface area contributed by atoms with E-state index >= 15 is 0 Å². The molecule has 0 heterocycles. The van der Waals surface area contributed by atoms with Crippen molar-refractivity contribution in [2.24, 2.45) is 0 Å². The Balaban J connectivity index is 2.01. The molecule has 0 aliphatic heterocycles. The zero-order chi connectivity index (χ0) is 22.1. The second-order valence-corrected chi connectivity index (χ2v) is 7.74. The number of carbonyl (C=O) groups excluding carboxylic acids is 3. The molecule has 0 fully saturated rings. The number of ether oxygens (including phenoxy) is 1. The Kier molecular flexibility index (Phi) is 8.87. The number of carbonyl (C=O) groups is 3. The molecule has 0 saturated heterocycles. The molecule has 0 aliphatic carbocycles. The highest BCUT2D eigenvalue weighted by Crippen LogP contribution is 2.26. The number of nitrogens with one attached hydrogen (secondary N) is 2. The van der Waals surface area contributed by atoms with Crippen molar-refractivity contribution in [3.63, 3.8) is 0 Å². The quantitative estimate of drug-likeness (QED) is 0.588. The molecule has 30 heavy (non-hydrogen) atoms. The van der Waals surface area contributed by atoms with Gasteiger partial charge in [0.15, 0.2) is 0 Å². The third kappa shape index (κ3) is 7.52. The Morgan fingerprint density at radius 3 is 2.17 bits per heavy atom. The Morgan fingerprint density at radius 2 is 1.53 bits per heavy atom. The Morgan fingerprint density at radius 1 is 0.900 bits per heavy atom. The van der Waals surface area contributed by atoms with Crippen LogP contribution < -0.4 is 10.6 Å². The van der Waals surface area contributed by atoms with Crippen molar-refractivity contribution in [3.05, 3.63) is 70.7 Å². The first kappa shape index (κ1) is 23.4. The van der Waals surface area contributed by atoms with E-state index in [9.17, 15) is 14.4 Å². The molecule has 2 aromatic rings. The van der Waals surface area contributed by atoms with Crippen LogP contribution in [0.5, 0.6) is 0 Å². The van der Waals surface area contributed by atoms with Crippen molar-refractivity contribution in [1.29, 1.82) is 0 Å². The maximum Gasteiger partial charge on any atom is 0.308 e. The topological polar surface area (TPSA) is 84.5 Å². The molecule has 0 radical (unpaired) electrons. The fourth-order valence-corrected chi connectivity index (χ4v) is 3.22. The van der Waals surface area contributed by atoms with Crippen LogP contribution in [0.2, 0.25) is 5.02 Å². The second kappa shape index (κ2) is 11.4. The molecule has 2 aromatic carbocycles. The average Bonchev–Trinajstić information content (AvgIpc) is 2.67. The van der Waals surface area contributed by atoms with Crippen molar-refractivity contribution in [2.45, 2.75) is 51.8 Å². The monoisotopic (exact) mass is 430 g/mol. The fourth-order valence-electron chi connectivity index (χ4n) is 2.95. The maximum absolute atomic E-state index is 12.6. The normalized spacial score (nSPS) is 12.7. The van der Waals surface area contributed by atoms with Gasteiger partial charge in [-0.05, 0) is 44.5 Å². The molecule has 7 heteroatoms. The van der Waals surface area contributed by atoms with Crippen LogP contribution in [0.4, 0.5) is 0 Å². The van der Waals surface area contributed by atoms with Gasteiger partial charge in [0.05, 0.1) is 18.6 Å². The molecular weight excluding hydrogens is 404 g/mol. The number of esters is 1. The van der Waals surface area contributed by atoms with Gasteiger partial charge in [-0.2, -0.15) is 0 Å². The molecule has 6 nitrogen and oxygen atoms in total.